The summed E-state index contributed by atoms with van der Waals surface area (Å²) in [7, 11) is 3.13. The van der Waals surface area contributed by atoms with E-state index in [-0.39, 0.29) is 30.9 Å². The summed E-state index contributed by atoms with van der Waals surface area (Å²) in [6.07, 6.45) is 1.28. The third kappa shape index (κ3) is 9.57. The lowest BCUT2D eigenvalue weighted by Gasteiger charge is -2.32. The molecule has 3 rings (SSSR count). The van der Waals surface area contributed by atoms with Crippen LogP contribution >= 0.6 is 11.6 Å². The van der Waals surface area contributed by atoms with Gasteiger partial charge in [0, 0.05) is 31.1 Å². The highest BCUT2D eigenvalue weighted by Gasteiger charge is 2.30. The molecule has 0 aromatic heterocycles. The largest absolute Gasteiger partial charge is 0.493 e. The van der Waals surface area contributed by atoms with Crippen LogP contribution in [0.25, 0.3) is 0 Å². The van der Waals surface area contributed by atoms with Crippen LogP contribution in [0.4, 0.5) is 0 Å². The highest BCUT2D eigenvalue weighted by atomic mass is 35.5. The summed E-state index contributed by atoms with van der Waals surface area (Å²) >= 11 is 6.12. The molecule has 0 radical (unpaired) electrons. The Morgan fingerprint density at radius 3 is 2.20 bits per heavy atom. The fraction of sp³-hybridized carbons (Fsp3) is 0.375. The summed E-state index contributed by atoms with van der Waals surface area (Å²) < 4.78 is 16.4. The van der Waals surface area contributed by atoms with E-state index < -0.39 is 6.04 Å². The Balaban J connectivity index is 1.90. The molecule has 0 unspecified atom stereocenters. The third-order valence-corrected chi connectivity index (χ3v) is 6.66. The number of amides is 2. The Morgan fingerprint density at radius 2 is 1.55 bits per heavy atom. The number of rotatable bonds is 15. The van der Waals surface area contributed by atoms with Crippen molar-refractivity contribution in [1.29, 1.82) is 0 Å². The second-order valence-electron chi connectivity index (χ2n) is 9.78. The second kappa shape index (κ2) is 15.9. The number of carbonyl (C=O) groups is 2. The summed E-state index contributed by atoms with van der Waals surface area (Å²) in [6.45, 7) is 5.22. The summed E-state index contributed by atoms with van der Waals surface area (Å²) in [5.41, 5.74) is 2.60. The van der Waals surface area contributed by atoms with Crippen molar-refractivity contribution in [3.63, 3.8) is 0 Å². The number of benzene rings is 3. The van der Waals surface area contributed by atoms with Gasteiger partial charge in [0.05, 0.1) is 26.7 Å². The first-order valence-corrected chi connectivity index (χ1v) is 13.9. The lowest BCUT2D eigenvalue weighted by atomic mass is 10.0. The van der Waals surface area contributed by atoms with Gasteiger partial charge < -0.3 is 24.4 Å². The summed E-state index contributed by atoms with van der Waals surface area (Å²) in [5, 5.41) is 3.64. The summed E-state index contributed by atoms with van der Waals surface area (Å²) in [5.74, 6) is 0.739. The predicted molar refractivity (Wildman–Crippen MR) is 158 cm³/mol. The Hall–Kier alpha value is -3.55. The van der Waals surface area contributed by atoms with Gasteiger partial charge in [0.25, 0.3) is 0 Å². The van der Waals surface area contributed by atoms with Gasteiger partial charge in [0.1, 0.15) is 6.04 Å². The normalized spacial score (nSPS) is 11.7. The molecule has 0 aliphatic rings. The van der Waals surface area contributed by atoms with Gasteiger partial charge in [-0.2, -0.15) is 0 Å². The number of hydrogen-bond acceptors (Lipinski definition) is 5. The Kier molecular flexibility index (Phi) is 12.3. The Labute approximate surface area is 242 Å². The molecule has 214 valence electrons. The molecule has 0 aliphatic carbocycles. The van der Waals surface area contributed by atoms with E-state index >= 15 is 0 Å². The number of halogens is 1. The molecule has 0 saturated heterocycles. The van der Waals surface area contributed by atoms with Crippen molar-refractivity contribution in [2.75, 3.05) is 27.4 Å². The predicted octanol–water partition coefficient (Wildman–Crippen LogP) is 5.47. The number of nitrogens with zero attached hydrogens (tertiary/aromatic N) is 1. The molecule has 0 fully saturated rings. The zero-order valence-corrected chi connectivity index (χ0v) is 24.4. The first-order valence-electron chi connectivity index (χ1n) is 13.5. The van der Waals surface area contributed by atoms with Crippen molar-refractivity contribution < 1.29 is 23.8 Å². The van der Waals surface area contributed by atoms with E-state index in [0.717, 1.165) is 16.7 Å². The van der Waals surface area contributed by atoms with Crippen molar-refractivity contribution in [2.24, 2.45) is 0 Å². The molecule has 1 atom stereocenters. The summed E-state index contributed by atoms with van der Waals surface area (Å²) in [6, 6.07) is 21.7. The van der Waals surface area contributed by atoms with Crippen molar-refractivity contribution in [3.05, 3.63) is 94.5 Å². The van der Waals surface area contributed by atoms with Gasteiger partial charge >= 0.3 is 0 Å². The van der Waals surface area contributed by atoms with E-state index in [1.165, 1.54) is 0 Å². The summed E-state index contributed by atoms with van der Waals surface area (Å²) in [4.78, 5) is 29.3. The van der Waals surface area contributed by atoms with Gasteiger partial charge in [-0.3, -0.25) is 9.59 Å². The van der Waals surface area contributed by atoms with Crippen molar-refractivity contribution in [1.82, 2.24) is 10.2 Å². The molecule has 40 heavy (non-hydrogen) atoms. The van der Waals surface area contributed by atoms with Crippen LogP contribution in [0.15, 0.2) is 72.8 Å². The molecule has 7 nitrogen and oxygen atoms in total. The molecule has 0 bridgehead atoms. The van der Waals surface area contributed by atoms with Crippen LogP contribution in [0.1, 0.15) is 37.0 Å². The van der Waals surface area contributed by atoms with Crippen LogP contribution in [-0.4, -0.2) is 56.2 Å². The first-order chi connectivity index (χ1) is 19.3. The van der Waals surface area contributed by atoms with E-state index in [0.29, 0.717) is 42.5 Å². The minimum absolute atomic E-state index is 0.0920. The number of ether oxygens (including phenoxy) is 3. The van der Waals surface area contributed by atoms with Crippen molar-refractivity contribution >= 4 is 23.4 Å². The number of hydrogen-bond donors (Lipinski definition) is 1. The molecule has 3 aromatic carbocycles. The van der Waals surface area contributed by atoms with Crippen LogP contribution < -0.4 is 14.8 Å². The van der Waals surface area contributed by atoms with Gasteiger partial charge in [-0.15, -0.1) is 0 Å². The van der Waals surface area contributed by atoms with E-state index in [9.17, 15) is 9.59 Å². The van der Waals surface area contributed by atoms with Crippen LogP contribution in [-0.2, 0) is 33.7 Å². The highest BCUT2D eigenvalue weighted by Crippen LogP contribution is 2.28. The number of nitrogens with one attached hydrogen (secondary N) is 1. The Morgan fingerprint density at radius 1 is 0.875 bits per heavy atom. The molecule has 8 heteroatoms. The SMILES string of the molecule is COc1ccc(CC(=O)N(Cc2ccc(Cl)cc2)[C@H](Cc2ccccc2)C(=O)NCCCOC(C)C)cc1OC. The van der Waals surface area contributed by atoms with Gasteiger partial charge in [0.2, 0.25) is 11.8 Å². The molecular formula is C32H39ClN2O5. The molecule has 0 spiro atoms. The van der Waals surface area contributed by atoms with Crippen molar-refractivity contribution in [3.8, 4) is 11.5 Å². The minimum atomic E-state index is -0.725. The maximum absolute atomic E-state index is 14.0. The smallest absolute Gasteiger partial charge is 0.243 e. The van der Waals surface area contributed by atoms with E-state index in [1.807, 2.05) is 62.4 Å². The molecule has 0 aliphatic heterocycles. The topological polar surface area (TPSA) is 77.1 Å². The maximum Gasteiger partial charge on any atom is 0.243 e. The van der Waals surface area contributed by atoms with E-state index in [2.05, 4.69) is 5.32 Å². The molecule has 1 N–H and O–H groups in total. The fourth-order valence-corrected chi connectivity index (χ4v) is 4.45. The van der Waals surface area contributed by atoms with Gasteiger partial charge in [0.15, 0.2) is 11.5 Å². The first kappa shape index (κ1) is 31.0. The average molecular weight is 567 g/mol. The zero-order valence-electron chi connectivity index (χ0n) is 23.7. The molecule has 2 amide bonds. The lowest BCUT2D eigenvalue weighted by molar-refractivity contribution is -0.140. The molecule has 0 heterocycles. The number of carbonyl (C=O) groups excluding carboxylic acids is 2. The van der Waals surface area contributed by atoms with Gasteiger partial charge in [-0.05, 0) is 61.2 Å². The van der Waals surface area contributed by atoms with Crippen LogP contribution in [0, 0.1) is 0 Å². The average Bonchev–Trinajstić information content (AvgIpc) is 2.95. The monoisotopic (exact) mass is 566 g/mol. The lowest BCUT2D eigenvalue weighted by Crippen LogP contribution is -2.51. The quantitative estimate of drug-likeness (QED) is 0.247. The van der Waals surface area contributed by atoms with Crippen LogP contribution in [0.3, 0.4) is 0 Å². The van der Waals surface area contributed by atoms with Crippen LogP contribution in [0.5, 0.6) is 11.5 Å². The minimum Gasteiger partial charge on any atom is -0.493 e. The number of methoxy groups -OCH3 is 2. The zero-order chi connectivity index (χ0) is 28.9. The van der Waals surface area contributed by atoms with E-state index in [4.69, 9.17) is 25.8 Å². The Bertz CT molecular complexity index is 1220. The second-order valence-corrected chi connectivity index (χ2v) is 10.2. The van der Waals surface area contributed by atoms with Gasteiger partial charge in [-0.1, -0.05) is 60.1 Å². The highest BCUT2D eigenvalue weighted by molar-refractivity contribution is 6.30. The standard InChI is InChI=1S/C32H39ClN2O5/c1-23(2)40-18-8-17-34-32(37)28(19-24-9-6-5-7-10-24)35(22-25-11-14-27(33)15-12-25)31(36)21-26-13-16-29(38-3)30(20-26)39-4/h5-7,9-16,20,23,28H,8,17-19,21-22H2,1-4H3,(H,34,37)/t28-/m1/s1. The maximum atomic E-state index is 14.0. The van der Waals surface area contributed by atoms with Gasteiger partial charge in [-0.25, -0.2) is 0 Å². The van der Waals surface area contributed by atoms with Crippen LogP contribution in [0.2, 0.25) is 5.02 Å². The fourth-order valence-electron chi connectivity index (χ4n) is 4.33. The molecule has 0 saturated carbocycles. The third-order valence-electron chi connectivity index (χ3n) is 6.41. The van der Waals surface area contributed by atoms with E-state index in [1.54, 1.807) is 43.4 Å². The van der Waals surface area contributed by atoms with Crippen molar-refractivity contribution in [2.45, 2.75) is 51.8 Å². The molecular weight excluding hydrogens is 528 g/mol. The molecule has 3 aromatic rings.